The van der Waals surface area contributed by atoms with E-state index in [9.17, 15) is 5.11 Å². The van der Waals surface area contributed by atoms with E-state index < -0.39 is 0 Å². The summed E-state index contributed by atoms with van der Waals surface area (Å²) < 4.78 is 23.4. The molecular formula is C27H41BrN4O5. The molecule has 2 aromatic rings. The Balaban J connectivity index is 0.000000206. The van der Waals surface area contributed by atoms with Crippen molar-refractivity contribution in [2.45, 2.75) is 58.6 Å². The van der Waals surface area contributed by atoms with Gasteiger partial charge in [-0.25, -0.2) is 9.97 Å². The Bertz CT molecular complexity index is 997. The maximum absolute atomic E-state index is 9.47. The molecule has 2 aliphatic rings. The van der Waals surface area contributed by atoms with Gasteiger partial charge in [0.05, 0.1) is 49.6 Å². The molecule has 0 amide bonds. The molecular weight excluding hydrogens is 540 g/mol. The smallest absolute Gasteiger partial charge is 0.143 e. The number of likely N-dealkylation sites (N-methyl/N-ethyl adjacent to an activating group) is 2. The number of halogens is 1. The molecule has 0 radical (unpaired) electrons. The van der Waals surface area contributed by atoms with Crippen LogP contribution in [-0.2, 0) is 25.6 Å². The van der Waals surface area contributed by atoms with Crippen molar-refractivity contribution in [3.8, 4) is 0 Å². The summed E-state index contributed by atoms with van der Waals surface area (Å²) in [5.41, 5.74) is 3.03. The van der Waals surface area contributed by atoms with Gasteiger partial charge in [0, 0.05) is 45.3 Å². The van der Waals surface area contributed by atoms with Gasteiger partial charge in [0.1, 0.15) is 23.8 Å². The fourth-order valence-corrected chi connectivity index (χ4v) is 5.42. The van der Waals surface area contributed by atoms with Gasteiger partial charge in [0.2, 0.25) is 0 Å². The van der Waals surface area contributed by atoms with E-state index in [0.717, 1.165) is 32.8 Å². The zero-order chi connectivity index (χ0) is 26.9. The third kappa shape index (κ3) is 7.61. The largest absolute Gasteiger partial charge is 0.392 e. The number of anilines is 2. The second-order valence-corrected chi connectivity index (χ2v) is 10.2. The van der Waals surface area contributed by atoms with Crippen LogP contribution in [0.25, 0.3) is 0 Å². The Morgan fingerprint density at radius 2 is 1.35 bits per heavy atom. The Morgan fingerprint density at radius 1 is 0.865 bits per heavy atom. The van der Waals surface area contributed by atoms with Crippen molar-refractivity contribution >= 4 is 27.6 Å². The second kappa shape index (κ2) is 14.4. The molecule has 1 N–H and O–H groups in total. The van der Waals surface area contributed by atoms with Crippen LogP contribution in [0.3, 0.4) is 0 Å². The normalized spacial score (nSPS) is 23.0. The molecule has 2 saturated heterocycles. The van der Waals surface area contributed by atoms with Crippen LogP contribution in [-0.4, -0.2) is 93.1 Å². The van der Waals surface area contributed by atoms with Crippen molar-refractivity contribution in [1.29, 1.82) is 0 Å². The van der Waals surface area contributed by atoms with Gasteiger partial charge >= 0.3 is 0 Å². The molecule has 0 spiro atoms. The van der Waals surface area contributed by atoms with Crippen LogP contribution in [0.1, 0.15) is 30.5 Å². The van der Waals surface area contributed by atoms with Gasteiger partial charge in [-0.1, -0.05) is 0 Å². The Morgan fingerprint density at radius 3 is 1.84 bits per heavy atom. The fourth-order valence-electron chi connectivity index (χ4n) is 4.67. The first kappa shape index (κ1) is 29.7. The third-order valence-corrected chi connectivity index (χ3v) is 7.22. The van der Waals surface area contributed by atoms with E-state index in [1.807, 2.05) is 60.3 Å². The zero-order valence-electron chi connectivity index (χ0n) is 22.8. The quantitative estimate of drug-likeness (QED) is 0.478. The number of aliphatic hydroxyl groups is 1. The van der Waals surface area contributed by atoms with E-state index in [1.54, 1.807) is 0 Å². The zero-order valence-corrected chi connectivity index (χ0v) is 24.4. The number of aliphatic hydroxyl groups excluding tert-OH is 1. The van der Waals surface area contributed by atoms with Crippen LogP contribution in [0.5, 0.6) is 0 Å². The van der Waals surface area contributed by atoms with E-state index in [4.69, 9.17) is 18.9 Å². The van der Waals surface area contributed by atoms with Gasteiger partial charge < -0.3 is 33.9 Å². The predicted octanol–water partition coefficient (Wildman–Crippen LogP) is 3.52. The Labute approximate surface area is 229 Å². The van der Waals surface area contributed by atoms with Gasteiger partial charge in [-0.3, -0.25) is 0 Å². The highest BCUT2D eigenvalue weighted by atomic mass is 79.9. The lowest BCUT2D eigenvalue weighted by atomic mass is 10.1. The van der Waals surface area contributed by atoms with Gasteiger partial charge in [0.15, 0.2) is 0 Å². The number of ether oxygens (including phenoxy) is 4. The Hall–Kier alpha value is -1.82. The molecule has 2 unspecified atom stereocenters. The number of aryl methyl sites for hydroxylation is 2. The summed E-state index contributed by atoms with van der Waals surface area (Å²) in [6, 6.07) is 4.39. The SMILES string of the molecule is CCO[C@H]1COCC1N(C)c1ncc(C)cc1Br.CCO[C@H]1COCC1N(C)c1ncc(C)cc1CO. The summed E-state index contributed by atoms with van der Waals surface area (Å²) in [6.45, 7) is 11.9. The lowest BCUT2D eigenvalue weighted by Crippen LogP contribution is -2.42. The number of hydrogen-bond acceptors (Lipinski definition) is 9. The summed E-state index contributed by atoms with van der Waals surface area (Å²) in [5, 5.41) is 9.47. The molecule has 206 valence electrons. The van der Waals surface area contributed by atoms with Gasteiger partial charge in [-0.05, 0) is 66.9 Å². The van der Waals surface area contributed by atoms with Crippen molar-refractivity contribution in [3.05, 3.63) is 45.7 Å². The standard InChI is InChI=1S/C14H22N2O3.C13H19BrN2O2/c1-4-19-13-9-18-8-12(13)16(3)14-11(7-17)5-10(2)6-15-14;1-4-18-12-8-17-7-11(12)16(3)13-10(14)5-9(2)6-15-13/h5-6,12-13,17H,4,7-9H2,1-3H3;5-6,11-12H,4,7-8H2,1-3H3/t12?,13-;11?,12-/m00/s1. The molecule has 0 aliphatic carbocycles. The minimum absolute atomic E-state index is 0.0127. The molecule has 2 fully saturated rings. The lowest BCUT2D eigenvalue weighted by Gasteiger charge is -2.30. The van der Waals surface area contributed by atoms with Gasteiger partial charge in [-0.15, -0.1) is 0 Å². The minimum atomic E-state index is -0.0127. The van der Waals surface area contributed by atoms with Crippen LogP contribution in [0.4, 0.5) is 11.6 Å². The lowest BCUT2D eigenvalue weighted by molar-refractivity contribution is 0.0452. The summed E-state index contributed by atoms with van der Waals surface area (Å²) in [6.07, 6.45) is 3.87. The topological polar surface area (TPSA) is 89.4 Å². The monoisotopic (exact) mass is 580 g/mol. The van der Waals surface area contributed by atoms with Crippen LogP contribution >= 0.6 is 15.9 Å². The number of rotatable bonds is 9. The first-order valence-electron chi connectivity index (χ1n) is 12.8. The summed E-state index contributed by atoms with van der Waals surface area (Å²) >= 11 is 3.57. The fraction of sp³-hybridized carbons (Fsp3) is 0.630. The average molecular weight is 582 g/mol. The van der Waals surface area contributed by atoms with Crippen LogP contribution in [0.2, 0.25) is 0 Å². The molecule has 0 bridgehead atoms. The van der Waals surface area contributed by atoms with Crippen molar-refractivity contribution in [2.75, 3.05) is 63.5 Å². The number of nitrogens with zero attached hydrogens (tertiary/aromatic N) is 4. The third-order valence-electron chi connectivity index (χ3n) is 6.63. The van der Waals surface area contributed by atoms with E-state index in [2.05, 4.69) is 41.8 Å². The first-order valence-corrected chi connectivity index (χ1v) is 13.6. The predicted molar refractivity (Wildman–Crippen MR) is 148 cm³/mol. The minimum Gasteiger partial charge on any atom is -0.392 e. The van der Waals surface area contributed by atoms with Crippen LogP contribution < -0.4 is 9.80 Å². The van der Waals surface area contributed by atoms with Gasteiger partial charge in [-0.2, -0.15) is 0 Å². The van der Waals surface area contributed by atoms with E-state index in [0.29, 0.717) is 39.6 Å². The number of pyridine rings is 2. The Kier molecular flexibility index (Phi) is 11.5. The van der Waals surface area contributed by atoms with E-state index in [-0.39, 0.29) is 30.9 Å². The molecule has 2 aliphatic heterocycles. The first-order chi connectivity index (χ1) is 17.8. The molecule has 0 saturated carbocycles. The summed E-state index contributed by atoms with van der Waals surface area (Å²) in [5.74, 6) is 1.73. The van der Waals surface area contributed by atoms with Crippen molar-refractivity contribution < 1.29 is 24.1 Å². The number of aromatic nitrogens is 2. The molecule has 4 rings (SSSR count). The van der Waals surface area contributed by atoms with Crippen LogP contribution in [0.15, 0.2) is 29.0 Å². The molecule has 37 heavy (non-hydrogen) atoms. The second-order valence-electron chi connectivity index (χ2n) is 9.39. The van der Waals surface area contributed by atoms with Gasteiger partial charge in [0.25, 0.3) is 0 Å². The van der Waals surface area contributed by atoms with Crippen molar-refractivity contribution in [3.63, 3.8) is 0 Å². The molecule has 9 nitrogen and oxygen atoms in total. The molecule has 4 heterocycles. The molecule has 2 aromatic heterocycles. The van der Waals surface area contributed by atoms with Crippen LogP contribution in [0, 0.1) is 13.8 Å². The average Bonchev–Trinajstić information content (AvgIpc) is 3.54. The van der Waals surface area contributed by atoms with Crippen molar-refractivity contribution in [2.24, 2.45) is 0 Å². The number of hydrogen-bond donors (Lipinski definition) is 1. The molecule has 4 atom stereocenters. The highest BCUT2D eigenvalue weighted by Crippen LogP contribution is 2.28. The highest BCUT2D eigenvalue weighted by Gasteiger charge is 2.34. The van der Waals surface area contributed by atoms with E-state index >= 15 is 0 Å². The summed E-state index contributed by atoms with van der Waals surface area (Å²) in [7, 11) is 4.01. The highest BCUT2D eigenvalue weighted by molar-refractivity contribution is 9.10. The molecule has 0 aromatic carbocycles. The van der Waals surface area contributed by atoms with Crippen molar-refractivity contribution in [1.82, 2.24) is 9.97 Å². The maximum Gasteiger partial charge on any atom is 0.143 e. The summed E-state index contributed by atoms with van der Waals surface area (Å²) in [4.78, 5) is 13.1. The molecule has 10 heteroatoms. The van der Waals surface area contributed by atoms with E-state index in [1.165, 1.54) is 0 Å². The maximum atomic E-state index is 9.47.